The van der Waals surface area contributed by atoms with Crippen LogP contribution in [0, 0.1) is 0 Å². The van der Waals surface area contributed by atoms with Crippen LogP contribution >= 0.6 is 11.3 Å². The van der Waals surface area contributed by atoms with E-state index in [2.05, 4.69) is 22.4 Å². The molecule has 2 fully saturated rings. The minimum atomic E-state index is -0.697. The maximum absolute atomic E-state index is 12.7. The summed E-state index contributed by atoms with van der Waals surface area (Å²) >= 11 is 1.82. The first kappa shape index (κ1) is 15.9. The molecule has 1 aromatic heterocycles. The number of rotatable bonds is 4. The van der Waals surface area contributed by atoms with E-state index in [1.165, 1.54) is 4.88 Å². The highest BCUT2D eigenvalue weighted by atomic mass is 32.1. The first-order valence-corrected chi connectivity index (χ1v) is 8.96. The van der Waals surface area contributed by atoms with Crippen molar-refractivity contribution in [1.82, 2.24) is 9.80 Å². The van der Waals surface area contributed by atoms with Crippen LogP contribution in [0.25, 0.3) is 0 Å². The molecule has 3 rings (SSSR count). The monoisotopic (exact) mass is 323 g/mol. The van der Waals surface area contributed by atoms with Gasteiger partial charge < -0.3 is 15.4 Å². The number of thiophene rings is 1. The normalized spacial score (nSPS) is 22.7. The van der Waals surface area contributed by atoms with Gasteiger partial charge in [0.25, 0.3) is 0 Å². The summed E-state index contributed by atoms with van der Waals surface area (Å²) in [5, 5.41) is 2.13. The second-order valence-corrected chi connectivity index (χ2v) is 7.26. The van der Waals surface area contributed by atoms with E-state index in [4.69, 9.17) is 10.5 Å². The Morgan fingerprint density at radius 2 is 2.00 bits per heavy atom. The van der Waals surface area contributed by atoms with E-state index in [1.54, 1.807) is 0 Å². The van der Waals surface area contributed by atoms with Crippen molar-refractivity contribution in [3.63, 3.8) is 0 Å². The van der Waals surface area contributed by atoms with Crippen LogP contribution in [0.3, 0.4) is 0 Å². The molecule has 122 valence electrons. The van der Waals surface area contributed by atoms with Gasteiger partial charge in [-0.15, -0.1) is 11.3 Å². The first-order chi connectivity index (χ1) is 10.7. The van der Waals surface area contributed by atoms with Crippen molar-refractivity contribution in [2.45, 2.75) is 24.8 Å². The summed E-state index contributed by atoms with van der Waals surface area (Å²) in [7, 11) is 0. The Morgan fingerprint density at radius 1 is 1.27 bits per heavy atom. The summed E-state index contributed by atoms with van der Waals surface area (Å²) in [5.41, 5.74) is 5.61. The van der Waals surface area contributed by atoms with Gasteiger partial charge in [-0.1, -0.05) is 6.07 Å². The molecule has 0 bridgehead atoms. The summed E-state index contributed by atoms with van der Waals surface area (Å²) < 4.78 is 5.33. The number of piperazine rings is 1. The van der Waals surface area contributed by atoms with Crippen molar-refractivity contribution in [3.8, 4) is 0 Å². The molecule has 1 amide bonds. The molecule has 2 aliphatic rings. The number of carbonyl (C=O) groups excluding carboxylic acids is 1. The molecule has 0 spiro atoms. The molecule has 2 aliphatic heterocycles. The molecule has 0 aromatic carbocycles. The van der Waals surface area contributed by atoms with Crippen LogP contribution in [0.4, 0.5) is 0 Å². The maximum Gasteiger partial charge on any atom is 0.242 e. The van der Waals surface area contributed by atoms with Crippen molar-refractivity contribution in [1.29, 1.82) is 0 Å². The van der Waals surface area contributed by atoms with E-state index in [9.17, 15) is 4.79 Å². The number of hydrogen-bond donors (Lipinski definition) is 1. The lowest BCUT2D eigenvalue weighted by Crippen LogP contribution is -2.61. The average Bonchev–Trinajstić information content (AvgIpc) is 3.07. The standard InChI is InChI=1S/C16H25N3O2S/c17-16(4-11-21-12-5-16)15(20)19-9-7-18(8-10-19)6-3-14-2-1-13-22-14/h1-2,13H,3-12,17H2. The maximum atomic E-state index is 12.7. The summed E-state index contributed by atoms with van der Waals surface area (Å²) in [6, 6.07) is 4.29. The van der Waals surface area contributed by atoms with Gasteiger partial charge in [-0.25, -0.2) is 0 Å². The summed E-state index contributed by atoms with van der Waals surface area (Å²) in [6.07, 6.45) is 2.39. The fraction of sp³-hybridized carbons (Fsp3) is 0.688. The van der Waals surface area contributed by atoms with Gasteiger partial charge in [0.1, 0.15) is 0 Å². The molecule has 0 aliphatic carbocycles. The zero-order valence-corrected chi connectivity index (χ0v) is 13.8. The van der Waals surface area contributed by atoms with Gasteiger partial charge in [0.05, 0.1) is 5.54 Å². The van der Waals surface area contributed by atoms with Gasteiger partial charge in [0.15, 0.2) is 0 Å². The smallest absolute Gasteiger partial charge is 0.242 e. The molecular weight excluding hydrogens is 298 g/mol. The van der Waals surface area contributed by atoms with E-state index in [-0.39, 0.29) is 5.91 Å². The van der Waals surface area contributed by atoms with Crippen LogP contribution in [0.1, 0.15) is 17.7 Å². The third kappa shape index (κ3) is 3.68. The molecule has 2 N–H and O–H groups in total. The Balaban J connectivity index is 1.45. The molecule has 6 heteroatoms. The first-order valence-electron chi connectivity index (χ1n) is 8.08. The Labute approximate surface area is 136 Å². The Kier molecular flexibility index (Phi) is 5.13. The number of nitrogens with two attached hydrogens (primary N) is 1. The zero-order chi connectivity index (χ0) is 15.4. The van der Waals surface area contributed by atoms with E-state index in [0.717, 1.165) is 39.1 Å². The second-order valence-electron chi connectivity index (χ2n) is 6.23. The van der Waals surface area contributed by atoms with Gasteiger partial charge in [0, 0.05) is 50.8 Å². The fourth-order valence-electron chi connectivity index (χ4n) is 3.16. The van der Waals surface area contributed by atoms with Crippen LogP contribution in [-0.4, -0.2) is 67.2 Å². The van der Waals surface area contributed by atoms with Crippen LogP contribution in [0.2, 0.25) is 0 Å². The highest BCUT2D eigenvalue weighted by Crippen LogP contribution is 2.21. The summed E-state index contributed by atoms with van der Waals surface area (Å²) in [6.45, 7) is 5.76. The lowest BCUT2D eigenvalue weighted by molar-refractivity contribution is -0.142. The number of amides is 1. The van der Waals surface area contributed by atoms with Crippen LogP contribution < -0.4 is 5.73 Å². The molecular formula is C16H25N3O2S. The van der Waals surface area contributed by atoms with Crippen LogP contribution in [0.15, 0.2) is 17.5 Å². The third-order valence-electron chi connectivity index (χ3n) is 4.72. The zero-order valence-electron chi connectivity index (χ0n) is 13.0. The van der Waals surface area contributed by atoms with Crippen molar-refractivity contribution in [2.24, 2.45) is 5.73 Å². The molecule has 0 unspecified atom stereocenters. The molecule has 0 saturated carbocycles. The van der Waals surface area contributed by atoms with Gasteiger partial charge in [-0.3, -0.25) is 9.69 Å². The largest absolute Gasteiger partial charge is 0.381 e. The molecule has 0 atom stereocenters. The quantitative estimate of drug-likeness (QED) is 0.896. The van der Waals surface area contributed by atoms with Crippen molar-refractivity contribution >= 4 is 17.2 Å². The SMILES string of the molecule is NC1(C(=O)N2CCN(CCc3cccs3)CC2)CCOCC1. The van der Waals surface area contributed by atoms with Crippen molar-refractivity contribution in [2.75, 3.05) is 45.9 Å². The number of carbonyl (C=O) groups is 1. The highest BCUT2D eigenvalue weighted by molar-refractivity contribution is 7.09. The minimum absolute atomic E-state index is 0.119. The number of hydrogen-bond acceptors (Lipinski definition) is 5. The molecule has 1 aromatic rings. The molecule has 5 nitrogen and oxygen atoms in total. The Bertz CT molecular complexity index is 478. The predicted molar refractivity (Wildman–Crippen MR) is 88.0 cm³/mol. The van der Waals surface area contributed by atoms with Gasteiger partial charge >= 0.3 is 0 Å². The van der Waals surface area contributed by atoms with Crippen molar-refractivity contribution < 1.29 is 9.53 Å². The minimum Gasteiger partial charge on any atom is -0.381 e. The molecule has 2 saturated heterocycles. The molecule has 0 radical (unpaired) electrons. The summed E-state index contributed by atoms with van der Waals surface area (Å²) in [5.74, 6) is 0.119. The van der Waals surface area contributed by atoms with E-state index in [1.807, 2.05) is 16.2 Å². The number of ether oxygens (including phenoxy) is 1. The predicted octanol–water partition coefficient (Wildman–Crippen LogP) is 0.943. The topological polar surface area (TPSA) is 58.8 Å². The lowest BCUT2D eigenvalue weighted by atomic mass is 9.89. The van der Waals surface area contributed by atoms with Crippen molar-refractivity contribution in [3.05, 3.63) is 22.4 Å². The van der Waals surface area contributed by atoms with E-state index in [0.29, 0.717) is 26.1 Å². The summed E-state index contributed by atoms with van der Waals surface area (Å²) in [4.78, 5) is 18.5. The second kappa shape index (κ2) is 7.08. The Morgan fingerprint density at radius 3 is 2.64 bits per heavy atom. The fourth-order valence-corrected chi connectivity index (χ4v) is 3.86. The van der Waals surface area contributed by atoms with Gasteiger partial charge in [-0.2, -0.15) is 0 Å². The van der Waals surface area contributed by atoms with Gasteiger partial charge in [0.2, 0.25) is 5.91 Å². The molecule has 3 heterocycles. The van der Waals surface area contributed by atoms with E-state index >= 15 is 0 Å². The Hall–Kier alpha value is -0.950. The average molecular weight is 323 g/mol. The van der Waals surface area contributed by atoms with Crippen LogP contribution in [0.5, 0.6) is 0 Å². The molecule has 22 heavy (non-hydrogen) atoms. The highest BCUT2D eigenvalue weighted by Gasteiger charge is 2.39. The third-order valence-corrected chi connectivity index (χ3v) is 5.66. The van der Waals surface area contributed by atoms with Crippen LogP contribution in [-0.2, 0) is 16.0 Å². The number of nitrogens with zero attached hydrogens (tertiary/aromatic N) is 2. The lowest BCUT2D eigenvalue weighted by Gasteiger charge is -2.40. The van der Waals surface area contributed by atoms with E-state index < -0.39 is 5.54 Å². The van der Waals surface area contributed by atoms with Gasteiger partial charge in [-0.05, 0) is 30.7 Å².